The van der Waals surface area contributed by atoms with Crippen LogP contribution in [-0.4, -0.2) is 17.4 Å². The molecule has 2 aromatic rings. The summed E-state index contributed by atoms with van der Waals surface area (Å²) in [5, 5.41) is 4.12. The molecule has 0 bridgehead atoms. The van der Waals surface area contributed by atoms with Crippen LogP contribution >= 0.6 is 0 Å². The molecule has 2 N–H and O–H groups in total. The van der Waals surface area contributed by atoms with Crippen LogP contribution in [-0.2, 0) is 17.6 Å². The minimum absolute atomic E-state index is 0.0281. The first-order valence-corrected chi connectivity index (χ1v) is 6.89. The zero-order valence-corrected chi connectivity index (χ0v) is 11.9. The quantitative estimate of drug-likeness (QED) is 0.850. The molecule has 3 nitrogen and oxygen atoms in total. The van der Waals surface area contributed by atoms with E-state index in [-0.39, 0.29) is 5.91 Å². The first-order chi connectivity index (χ1) is 9.06. The van der Waals surface area contributed by atoms with Gasteiger partial charge in [0.15, 0.2) is 0 Å². The Bertz CT molecular complexity index is 569. The monoisotopic (exact) mass is 258 g/mol. The Morgan fingerprint density at radius 3 is 2.84 bits per heavy atom. The summed E-state index contributed by atoms with van der Waals surface area (Å²) in [6, 6.07) is 6.61. The fourth-order valence-electron chi connectivity index (χ4n) is 2.40. The lowest BCUT2D eigenvalue weighted by atomic mass is 10.00. The predicted octanol–water partition coefficient (Wildman–Crippen LogP) is 3.05. The highest BCUT2D eigenvalue weighted by Crippen LogP contribution is 2.21. The maximum atomic E-state index is 10.9. The van der Waals surface area contributed by atoms with Gasteiger partial charge < -0.3 is 10.3 Å². The lowest BCUT2D eigenvalue weighted by Crippen LogP contribution is -2.22. The lowest BCUT2D eigenvalue weighted by Gasteiger charge is -2.06. The molecule has 0 saturated heterocycles. The van der Waals surface area contributed by atoms with Crippen molar-refractivity contribution in [3.05, 3.63) is 35.5 Å². The molecule has 1 heterocycles. The molecule has 2 rings (SSSR count). The Labute approximate surface area is 114 Å². The normalized spacial score (nSPS) is 11.2. The molecule has 0 saturated carbocycles. The third-order valence-electron chi connectivity index (χ3n) is 3.24. The second kappa shape index (κ2) is 5.91. The highest BCUT2D eigenvalue weighted by atomic mass is 16.1. The highest BCUT2D eigenvalue weighted by Gasteiger charge is 2.06. The molecule has 0 radical (unpaired) electrons. The van der Waals surface area contributed by atoms with Crippen LogP contribution in [0.4, 0.5) is 0 Å². The molecule has 0 fully saturated rings. The zero-order chi connectivity index (χ0) is 13.8. The SMILES string of the molecule is CC(=O)NCCc1c[nH]c2ccc(CC(C)C)cc12. The van der Waals surface area contributed by atoms with Gasteiger partial charge in [0, 0.05) is 30.6 Å². The number of aromatic nitrogens is 1. The van der Waals surface area contributed by atoms with Crippen molar-refractivity contribution < 1.29 is 4.79 Å². The van der Waals surface area contributed by atoms with Crippen molar-refractivity contribution in [2.45, 2.75) is 33.6 Å². The largest absolute Gasteiger partial charge is 0.361 e. The maximum absolute atomic E-state index is 10.9. The summed E-state index contributed by atoms with van der Waals surface area (Å²) in [6.45, 7) is 6.71. The summed E-state index contributed by atoms with van der Waals surface area (Å²) in [5.41, 5.74) is 3.82. The molecule has 102 valence electrons. The second-order valence-corrected chi connectivity index (χ2v) is 5.52. The van der Waals surface area contributed by atoms with Crippen LogP contribution in [0.1, 0.15) is 31.9 Å². The number of fused-ring (bicyclic) bond motifs is 1. The number of carbonyl (C=O) groups is 1. The summed E-state index contributed by atoms with van der Waals surface area (Å²) in [5.74, 6) is 0.694. The van der Waals surface area contributed by atoms with Crippen molar-refractivity contribution >= 4 is 16.8 Å². The Morgan fingerprint density at radius 1 is 1.37 bits per heavy atom. The third-order valence-corrected chi connectivity index (χ3v) is 3.24. The number of benzene rings is 1. The molecule has 0 atom stereocenters. The summed E-state index contributed by atoms with van der Waals surface area (Å²) >= 11 is 0. The number of carbonyl (C=O) groups excluding carboxylic acids is 1. The average Bonchev–Trinajstić information content (AvgIpc) is 2.71. The van der Waals surface area contributed by atoms with E-state index < -0.39 is 0 Å². The van der Waals surface area contributed by atoms with Crippen molar-refractivity contribution in [3.8, 4) is 0 Å². The van der Waals surface area contributed by atoms with Crippen LogP contribution in [0.2, 0.25) is 0 Å². The van der Waals surface area contributed by atoms with Gasteiger partial charge in [-0.25, -0.2) is 0 Å². The molecule has 1 amide bonds. The van der Waals surface area contributed by atoms with E-state index in [4.69, 9.17) is 0 Å². The smallest absolute Gasteiger partial charge is 0.216 e. The minimum Gasteiger partial charge on any atom is -0.361 e. The average molecular weight is 258 g/mol. The number of rotatable bonds is 5. The van der Waals surface area contributed by atoms with E-state index in [0.717, 1.165) is 12.8 Å². The van der Waals surface area contributed by atoms with Crippen LogP contribution in [0.5, 0.6) is 0 Å². The number of nitrogens with one attached hydrogen (secondary N) is 2. The molecule has 1 aromatic heterocycles. The molecular weight excluding hydrogens is 236 g/mol. The zero-order valence-electron chi connectivity index (χ0n) is 11.9. The molecule has 0 unspecified atom stereocenters. The number of H-pyrrole nitrogens is 1. The van der Waals surface area contributed by atoms with Gasteiger partial charge in [0.1, 0.15) is 0 Å². The Morgan fingerprint density at radius 2 is 2.16 bits per heavy atom. The first-order valence-electron chi connectivity index (χ1n) is 6.89. The van der Waals surface area contributed by atoms with E-state index in [1.54, 1.807) is 6.92 Å². The molecule has 3 heteroatoms. The Hall–Kier alpha value is -1.77. The van der Waals surface area contributed by atoms with Gasteiger partial charge in [-0.05, 0) is 42.0 Å². The van der Waals surface area contributed by atoms with Crippen LogP contribution in [0.3, 0.4) is 0 Å². The Balaban J connectivity index is 2.17. The van der Waals surface area contributed by atoms with Crippen molar-refractivity contribution in [1.82, 2.24) is 10.3 Å². The number of amides is 1. The number of aromatic amines is 1. The summed E-state index contributed by atoms with van der Waals surface area (Å²) in [6.07, 6.45) is 4.02. The van der Waals surface area contributed by atoms with Crippen LogP contribution in [0.15, 0.2) is 24.4 Å². The van der Waals surface area contributed by atoms with Crippen molar-refractivity contribution in [2.24, 2.45) is 5.92 Å². The van der Waals surface area contributed by atoms with Crippen LogP contribution < -0.4 is 5.32 Å². The predicted molar refractivity (Wildman–Crippen MR) is 79.2 cm³/mol. The molecule has 0 aliphatic carbocycles. The van der Waals surface area contributed by atoms with Gasteiger partial charge in [0.05, 0.1) is 0 Å². The van der Waals surface area contributed by atoms with E-state index in [9.17, 15) is 4.79 Å². The first kappa shape index (κ1) is 13.7. The van der Waals surface area contributed by atoms with E-state index in [0.29, 0.717) is 12.5 Å². The van der Waals surface area contributed by atoms with E-state index >= 15 is 0 Å². The van der Waals surface area contributed by atoms with Gasteiger partial charge in [-0.3, -0.25) is 4.79 Å². The molecule has 0 aliphatic heterocycles. The van der Waals surface area contributed by atoms with Crippen LogP contribution in [0, 0.1) is 5.92 Å². The van der Waals surface area contributed by atoms with E-state index in [1.807, 2.05) is 6.20 Å². The molecule has 0 aliphatic rings. The van der Waals surface area contributed by atoms with Gasteiger partial charge in [-0.2, -0.15) is 0 Å². The third kappa shape index (κ3) is 3.60. The maximum Gasteiger partial charge on any atom is 0.216 e. The molecular formula is C16H22N2O. The summed E-state index contributed by atoms with van der Waals surface area (Å²) in [7, 11) is 0. The van der Waals surface area contributed by atoms with Gasteiger partial charge in [0.25, 0.3) is 0 Å². The van der Waals surface area contributed by atoms with E-state index in [2.05, 4.69) is 42.3 Å². The van der Waals surface area contributed by atoms with E-state index in [1.165, 1.54) is 22.0 Å². The van der Waals surface area contributed by atoms with Gasteiger partial charge in [0.2, 0.25) is 5.91 Å². The minimum atomic E-state index is 0.0281. The summed E-state index contributed by atoms with van der Waals surface area (Å²) in [4.78, 5) is 14.2. The fourth-order valence-corrected chi connectivity index (χ4v) is 2.40. The second-order valence-electron chi connectivity index (χ2n) is 5.52. The molecule has 1 aromatic carbocycles. The van der Waals surface area contributed by atoms with Crippen molar-refractivity contribution in [1.29, 1.82) is 0 Å². The van der Waals surface area contributed by atoms with Crippen LogP contribution in [0.25, 0.3) is 10.9 Å². The van der Waals surface area contributed by atoms with Gasteiger partial charge in [-0.1, -0.05) is 19.9 Å². The molecule has 19 heavy (non-hydrogen) atoms. The number of hydrogen-bond donors (Lipinski definition) is 2. The van der Waals surface area contributed by atoms with Gasteiger partial charge in [-0.15, -0.1) is 0 Å². The topological polar surface area (TPSA) is 44.9 Å². The number of hydrogen-bond acceptors (Lipinski definition) is 1. The standard InChI is InChI=1S/C16H22N2O/c1-11(2)8-13-4-5-16-15(9-13)14(10-18-16)6-7-17-12(3)19/h4-5,9-11,18H,6-8H2,1-3H3,(H,17,19). The van der Waals surface area contributed by atoms with Crippen molar-refractivity contribution in [2.75, 3.05) is 6.54 Å². The summed E-state index contributed by atoms with van der Waals surface area (Å²) < 4.78 is 0. The lowest BCUT2D eigenvalue weighted by molar-refractivity contribution is -0.118. The fraction of sp³-hybridized carbons (Fsp3) is 0.438. The molecule has 0 spiro atoms. The highest BCUT2D eigenvalue weighted by molar-refractivity contribution is 5.84. The van der Waals surface area contributed by atoms with Gasteiger partial charge >= 0.3 is 0 Å². The Kier molecular flexibility index (Phi) is 4.25. The van der Waals surface area contributed by atoms with Crippen molar-refractivity contribution in [3.63, 3.8) is 0 Å².